The van der Waals surface area contributed by atoms with E-state index in [0.29, 0.717) is 31.8 Å². The number of rotatable bonds is 8. The van der Waals surface area contributed by atoms with Gasteiger partial charge in [0, 0.05) is 13.7 Å². The number of sulfonamides is 1. The average molecular weight is 321 g/mol. The molecule has 1 aliphatic carbocycles. The van der Waals surface area contributed by atoms with Crippen molar-refractivity contribution in [2.24, 2.45) is 16.8 Å². The smallest absolute Gasteiger partial charge is 0.212 e. The molecule has 0 radical (unpaired) electrons. The number of methoxy groups -OCH3 is 1. The van der Waals surface area contributed by atoms with E-state index in [1.165, 1.54) is 7.11 Å². The molecular formula is C13H27N3O4S. The highest BCUT2D eigenvalue weighted by atomic mass is 32.2. The molecule has 0 amide bonds. The fourth-order valence-corrected chi connectivity index (χ4v) is 4.33. The number of ether oxygens (including phenoxy) is 1. The van der Waals surface area contributed by atoms with E-state index in [0.717, 1.165) is 19.3 Å². The van der Waals surface area contributed by atoms with Crippen molar-refractivity contribution in [1.82, 2.24) is 4.72 Å². The number of hydrogen-bond donors (Lipinski definition) is 3. The van der Waals surface area contributed by atoms with E-state index in [2.05, 4.69) is 16.8 Å². The molecule has 0 saturated heterocycles. The van der Waals surface area contributed by atoms with Crippen LogP contribution in [-0.4, -0.2) is 44.5 Å². The molecule has 0 aromatic rings. The third-order valence-electron chi connectivity index (χ3n) is 4.25. The molecule has 0 bridgehead atoms. The van der Waals surface area contributed by atoms with Gasteiger partial charge in [0.1, 0.15) is 0 Å². The molecular weight excluding hydrogens is 294 g/mol. The quantitative estimate of drug-likeness (QED) is 0.203. The van der Waals surface area contributed by atoms with Crippen LogP contribution >= 0.6 is 0 Å². The predicted molar refractivity (Wildman–Crippen MR) is 81.8 cm³/mol. The Bertz CT molecular complexity index is 442. The first kappa shape index (κ1) is 18.2. The Morgan fingerprint density at radius 3 is 2.57 bits per heavy atom. The lowest BCUT2D eigenvalue weighted by Crippen LogP contribution is -2.59. The number of amidine groups is 1. The lowest BCUT2D eigenvalue weighted by atomic mass is 9.75. The van der Waals surface area contributed by atoms with Crippen molar-refractivity contribution in [2.45, 2.75) is 51.0 Å². The van der Waals surface area contributed by atoms with Gasteiger partial charge in [-0.3, -0.25) is 0 Å². The van der Waals surface area contributed by atoms with Gasteiger partial charge in [0.2, 0.25) is 10.0 Å². The highest BCUT2D eigenvalue weighted by Crippen LogP contribution is 2.34. The number of hydrogen-bond acceptors (Lipinski definition) is 5. The first-order valence-corrected chi connectivity index (χ1v) is 9.03. The number of oxime groups is 1. The Morgan fingerprint density at radius 1 is 1.48 bits per heavy atom. The van der Waals surface area contributed by atoms with E-state index in [-0.39, 0.29) is 11.6 Å². The third-order valence-corrected chi connectivity index (χ3v) is 5.77. The SMILES string of the molecule is CCC1CCC(NS(=O)(=O)CCCOC)(C(N)=NO)CC1. The summed E-state index contributed by atoms with van der Waals surface area (Å²) in [6.45, 7) is 2.51. The molecule has 0 aromatic heterocycles. The van der Waals surface area contributed by atoms with Gasteiger partial charge in [0.15, 0.2) is 5.84 Å². The average Bonchev–Trinajstić information content (AvgIpc) is 2.46. The molecule has 7 nitrogen and oxygen atoms in total. The van der Waals surface area contributed by atoms with Gasteiger partial charge < -0.3 is 15.7 Å². The summed E-state index contributed by atoms with van der Waals surface area (Å²) >= 11 is 0. The van der Waals surface area contributed by atoms with Crippen LogP contribution in [0, 0.1) is 5.92 Å². The fourth-order valence-electron chi connectivity index (χ4n) is 2.83. The zero-order chi connectivity index (χ0) is 15.9. The van der Waals surface area contributed by atoms with Crippen LogP contribution in [0.2, 0.25) is 0 Å². The Hall–Kier alpha value is -0.860. The maximum Gasteiger partial charge on any atom is 0.212 e. The van der Waals surface area contributed by atoms with Gasteiger partial charge in [0.25, 0.3) is 0 Å². The molecule has 1 aliphatic rings. The van der Waals surface area contributed by atoms with Crippen molar-refractivity contribution in [3.05, 3.63) is 0 Å². The Labute approximate surface area is 127 Å². The number of nitrogens with one attached hydrogen (secondary N) is 1. The molecule has 1 saturated carbocycles. The largest absolute Gasteiger partial charge is 0.409 e. The molecule has 0 spiro atoms. The van der Waals surface area contributed by atoms with Gasteiger partial charge >= 0.3 is 0 Å². The van der Waals surface area contributed by atoms with Crippen LogP contribution in [0.25, 0.3) is 0 Å². The number of nitrogens with two attached hydrogens (primary N) is 1. The third kappa shape index (κ3) is 5.12. The Morgan fingerprint density at radius 2 is 2.10 bits per heavy atom. The molecule has 4 N–H and O–H groups in total. The summed E-state index contributed by atoms with van der Waals surface area (Å²) in [5, 5.41) is 12.1. The minimum atomic E-state index is -3.49. The van der Waals surface area contributed by atoms with Crippen molar-refractivity contribution in [3.63, 3.8) is 0 Å². The zero-order valence-electron chi connectivity index (χ0n) is 12.8. The highest BCUT2D eigenvalue weighted by Gasteiger charge is 2.41. The first-order chi connectivity index (χ1) is 9.89. The van der Waals surface area contributed by atoms with E-state index in [9.17, 15) is 8.42 Å². The summed E-state index contributed by atoms with van der Waals surface area (Å²) in [7, 11) is -1.96. The molecule has 21 heavy (non-hydrogen) atoms. The molecule has 1 rings (SSSR count). The molecule has 124 valence electrons. The van der Waals surface area contributed by atoms with Gasteiger partial charge in [-0.15, -0.1) is 0 Å². The standard InChI is InChI=1S/C13H27N3O4S/c1-3-11-5-7-13(8-6-11,12(14)15-17)16-21(18,19)10-4-9-20-2/h11,16-17H,3-10H2,1-2H3,(H2,14,15). The molecule has 0 aromatic carbocycles. The second-order valence-electron chi connectivity index (χ2n) is 5.69. The zero-order valence-corrected chi connectivity index (χ0v) is 13.7. The maximum atomic E-state index is 12.2. The summed E-state index contributed by atoms with van der Waals surface area (Å²) in [5.74, 6) is 0.494. The van der Waals surface area contributed by atoms with E-state index in [1.807, 2.05) is 0 Å². The van der Waals surface area contributed by atoms with Crippen LogP contribution in [-0.2, 0) is 14.8 Å². The van der Waals surface area contributed by atoms with Gasteiger partial charge in [-0.05, 0) is 38.0 Å². The topological polar surface area (TPSA) is 114 Å². The van der Waals surface area contributed by atoms with Crippen molar-refractivity contribution in [2.75, 3.05) is 19.5 Å². The minimum Gasteiger partial charge on any atom is -0.409 e. The summed E-state index contributed by atoms with van der Waals surface area (Å²) in [4.78, 5) is 0. The Kier molecular flexibility index (Phi) is 6.89. The molecule has 0 heterocycles. The van der Waals surface area contributed by atoms with Crippen molar-refractivity contribution >= 4 is 15.9 Å². The van der Waals surface area contributed by atoms with Crippen LogP contribution in [0.5, 0.6) is 0 Å². The van der Waals surface area contributed by atoms with Crippen LogP contribution in [0.3, 0.4) is 0 Å². The molecule has 8 heteroatoms. The van der Waals surface area contributed by atoms with E-state index >= 15 is 0 Å². The second kappa shape index (κ2) is 7.95. The molecule has 0 aliphatic heterocycles. The lowest BCUT2D eigenvalue weighted by Gasteiger charge is -2.39. The summed E-state index contributed by atoms with van der Waals surface area (Å²) in [5.41, 5.74) is 4.83. The van der Waals surface area contributed by atoms with E-state index in [1.54, 1.807) is 0 Å². The van der Waals surface area contributed by atoms with Crippen LogP contribution < -0.4 is 10.5 Å². The maximum absolute atomic E-state index is 12.2. The monoisotopic (exact) mass is 321 g/mol. The van der Waals surface area contributed by atoms with Crippen molar-refractivity contribution in [1.29, 1.82) is 0 Å². The van der Waals surface area contributed by atoms with Crippen molar-refractivity contribution in [3.8, 4) is 0 Å². The van der Waals surface area contributed by atoms with Gasteiger partial charge in [-0.2, -0.15) is 0 Å². The summed E-state index contributed by atoms with van der Waals surface area (Å²) < 4.78 is 31.9. The van der Waals surface area contributed by atoms with E-state index < -0.39 is 15.6 Å². The number of nitrogens with zero attached hydrogens (tertiary/aromatic N) is 1. The van der Waals surface area contributed by atoms with Gasteiger partial charge in [0.05, 0.1) is 11.3 Å². The van der Waals surface area contributed by atoms with Gasteiger partial charge in [-0.1, -0.05) is 18.5 Å². The van der Waals surface area contributed by atoms with Crippen molar-refractivity contribution < 1.29 is 18.4 Å². The normalized spacial score (nSPS) is 27.7. The first-order valence-electron chi connectivity index (χ1n) is 7.37. The highest BCUT2D eigenvalue weighted by molar-refractivity contribution is 7.89. The fraction of sp³-hybridized carbons (Fsp3) is 0.923. The van der Waals surface area contributed by atoms with Crippen LogP contribution in [0.4, 0.5) is 0 Å². The Balaban J connectivity index is 2.80. The van der Waals surface area contributed by atoms with E-state index in [4.69, 9.17) is 15.7 Å². The molecule has 0 unspecified atom stereocenters. The summed E-state index contributed by atoms with van der Waals surface area (Å²) in [6.07, 6.45) is 4.33. The van der Waals surface area contributed by atoms with Crippen LogP contribution in [0.15, 0.2) is 5.16 Å². The second-order valence-corrected chi connectivity index (χ2v) is 7.53. The molecule has 0 atom stereocenters. The summed E-state index contributed by atoms with van der Waals surface area (Å²) in [6, 6.07) is 0. The lowest BCUT2D eigenvalue weighted by molar-refractivity contribution is 0.199. The minimum absolute atomic E-state index is 0.0293. The predicted octanol–water partition coefficient (Wildman–Crippen LogP) is 1.03. The molecule has 1 fully saturated rings. The van der Waals surface area contributed by atoms with Crippen LogP contribution in [0.1, 0.15) is 45.4 Å². The van der Waals surface area contributed by atoms with Gasteiger partial charge in [-0.25, -0.2) is 13.1 Å².